The van der Waals surface area contributed by atoms with Gasteiger partial charge in [0.25, 0.3) is 0 Å². The first-order chi connectivity index (χ1) is 20.1. The molecule has 0 fully saturated rings. The maximum Gasteiger partial charge on any atom is 2.00 e. The van der Waals surface area contributed by atoms with Crippen LogP contribution in [0.4, 0.5) is 0 Å². The number of nitrogens with zero attached hydrogens (tertiary/aromatic N) is 1. The van der Waals surface area contributed by atoms with Gasteiger partial charge in [-0.15, -0.1) is 0 Å². The number of hydrogen-bond donors (Lipinski definition) is 3. The van der Waals surface area contributed by atoms with Gasteiger partial charge in [0, 0.05) is 46.2 Å². The molecule has 0 aliphatic rings. The van der Waals surface area contributed by atoms with E-state index >= 15 is 0 Å². The fraction of sp³-hybridized carbons (Fsp3) is 0.889. The molecule has 1 atom stereocenters. The molecular formula is C27H56NNiO9P. The molecule has 0 rings (SSSR count). The van der Waals surface area contributed by atoms with Crippen LogP contribution < -0.4 is 0 Å². The fourth-order valence-corrected chi connectivity index (χ4v) is 2.98. The summed E-state index contributed by atoms with van der Waals surface area (Å²) in [5, 5.41) is 21.5. The van der Waals surface area contributed by atoms with Crippen LogP contribution in [0.1, 0.15) is 65.2 Å². The third kappa shape index (κ3) is 40.3. The van der Waals surface area contributed by atoms with Gasteiger partial charge in [0.15, 0.2) is 9.03 Å². The van der Waals surface area contributed by atoms with Crippen molar-refractivity contribution < 1.29 is 59.8 Å². The first-order valence-electron chi connectivity index (χ1n) is 14.8. The van der Waals surface area contributed by atoms with Gasteiger partial charge in [0.05, 0.1) is 57.5 Å². The smallest absolute Gasteiger partial charge is 0.396 e. The van der Waals surface area contributed by atoms with Crippen molar-refractivity contribution in [2.24, 2.45) is 5.41 Å². The van der Waals surface area contributed by atoms with E-state index in [-0.39, 0.29) is 25.5 Å². The summed E-state index contributed by atoms with van der Waals surface area (Å²) >= 11 is 0. The molecule has 0 amide bonds. The van der Waals surface area contributed by atoms with Crippen LogP contribution in [0.3, 0.4) is 0 Å². The molecule has 0 spiro atoms. The molecule has 0 saturated heterocycles. The Morgan fingerprint density at radius 2 is 1.05 bits per heavy atom. The largest absolute Gasteiger partial charge is 2.00 e. The van der Waals surface area contributed by atoms with Crippen molar-refractivity contribution in [2.45, 2.75) is 65.2 Å². The monoisotopic (exact) mass is 630 g/mol. The van der Waals surface area contributed by atoms with Gasteiger partial charge in [-0.25, -0.2) is 0 Å². The molecule has 0 aliphatic heterocycles. The van der Waals surface area contributed by atoms with Gasteiger partial charge < -0.3 is 57.2 Å². The first kappa shape index (κ1) is 39.1. The number of unbranched alkanes of at least 4 members (excludes halogenated alkanes) is 1. The van der Waals surface area contributed by atoms with Crippen molar-refractivity contribution in [1.29, 1.82) is 9.56 Å². The van der Waals surface area contributed by atoms with Crippen molar-refractivity contribution in [3.8, 4) is 6.07 Å². The fourth-order valence-electron chi connectivity index (χ4n) is 2.49. The van der Waals surface area contributed by atoms with E-state index in [4.69, 9.17) is 37.6 Å². The molecule has 0 aromatic carbocycles. The van der Waals surface area contributed by atoms with Crippen molar-refractivity contribution in [3.63, 3.8) is 0 Å². The van der Waals surface area contributed by atoms with Crippen LogP contribution in [0.2, 0.25) is 0 Å². The van der Waals surface area contributed by atoms with Crippen molar-refractivity contribution in [1.82, 2.24) is 0 Å². The molecule has 1 unspecified atom stereocenters. The number of aliphatic hydroxyl groups is 3. The van der Waals surface area contributed by atoms with E-state index in [1.165, 1.54) is 0 Å². The van der Waals surface area contributed by atoms with E-state index in [1.807, 2.05) is 19.9 Å². The summed E-state index contributed by atoms with van der Waals surface area (Å²) in [6.45, 7) is 16.1. The van der Waals surface area contributed by atoms with Crippen molar-refractivity contribution >= 4 is 9.03 Å². The Morgan fingerprint density at radius 3 is 1.44 bits per heavy atom. The van der Waals surface area contributed by atoms with Crippen LogP contribution in [0.25, 0.3) is 0 Å². The van der Waals surface area contributed by atoms with Gasteiger partial charge in [0.2, 0.25) is 4.29 Å². The maximum absolute atomic E-state index is 8.45. The summed E-state index contributed by atoms with van der Waals surface area (Å²) in [7, 11) is -0.0605. The van der Waals surface area contributed by atoms with Gasteiger partial charge in [-0.2, -0.15) is 18.1 Å². The second-order valence-corrected chi connectivity index (χ2v) is 9.02. The van der Waals surface area contributed by atoms with E-state index in [2.05, 4.69) is 29.2 Å². The third-order valence-corrected chi connectivity index (χ3v) is 4.79. The number of ether oxygens (including phenoxy) is 4. The zero-order valence-electron chi connectivity index (χ0n) is 27.2. The van der Waals surface area contributed by atoms with Crippen molar-refractivity contribution in [2.75, 3.05) is 85.9 Å². The molecule has 3 N–H and O–H groups in total. The predicted molar refractivity (Wildman–Crippen MR) is 152 cm³/mol. The van der Waals surface area contributed by atoms with E-state index < -0.39 is 5.41 Å². The molecule has 0 aromatic rings. The normalized spacial score (nSPS) is 11.8. The minimum Gasteiger partial charge on any atom is -0.396 e. The van der Waals surface area contributed by atoms with Crippen molar-refractivity contribution in [3.05, 3.63) is 13.8 Å². The second-order valence-electron chi connectivity index (χ2n) is 8.28. The molecule has 0 radical (unpaired) electrons. The molecule has 0 heterocycles. The Hall–Kier alpha value is 0.0535. The Morgan fingerprint density at radius 1 is 0.692 bits per heavy atom. The van der Waals surface area contributed by atoms with Crippen LogP contribution >= 0.6 is 9.03 Å². The minimum atomic E-state index is -0.544. The van der Waals surface area contributed by atoms with Crippen LogP contribution in [0.5, 0.6) is 0 Å². The molecule has 0 aromatic heterocycles. The molecule has 39 heavy (non-hydrogen) atoms. The average Bonchev–Trinajstić information content (AvgIpc) is 2.96. The van der Waals surface area contributed by atoms with E-state index in [9.17, 15) is 0 Å². The van der Waals surface area contributed by atoms with Crippen LogP contribution in [0, 0.1) is 30.6 Å². The molecule has 0 saturated carbocycles. The topological polar surface area (TPSA) is 140 Å². The zero-order chi connectivity index (χ0) is 31.1. The standard InChI is InChI=1S/C21H42NO9P.2C3H7.Ni/c22-7-3-16-31-32-30-15-2-1-11-26-17-21(18-27-12-4-8-23,19-28-13-5-9-24)20-29-14-6-10-25;2*1-3-2;/h23-25,32H,1-6,8-20H2;2*1,3H2,2H3;/q;2*-1;+2/i23D,24D,25D;;;. The summed E-state index contributed by atoms with van der Waals surface area (Å²) in [5.74, 6) is 0. The Balaban J connectivity index is -0.000000942. The number of aliphatic hydroxyl groups excluding tert-OH is 3. The summed E-state index contributed by atoms with van der Waals surface area (Å²) in [5.41, 5.74) is -0.544. The Bertz CT molecular complexity index is 482. The summed E-state index contributed by atoms with van der Waals surface area (Å²) in [6.07, 6.45) is 5.79. The molecule has 10 nitrogen and oxygen atoms in total. The summed E-state index contributed by atoms with van der Waals surface area (Å²) < 4.78 is 54.4. The third-order valence-electron chi connectivity index (χ3n) is 4.15. The van der Waals surface area contributed by atoms with Gasteiger partial charge in [0.1, 0.15) is 0 Å². The second kappa shape index (κ2) is 42.5. The molecular weight excluding hydrogens is 572 g/mol. The predicted octanol–water partition coefficient (Wildman–Crippen LogP) is 3.88. The summed E-state index contributed by atoms with van der Waals surface area (Å²) in [4.78, 5) is 0. The van der Waals surface area contributed by atoms with Gasteiger partial charge in [-0.1, -0.05) is 13.8 Å². The molecule has 12 heteroatoms. The van der Waals surface area contributed by atoms with Crippen LogP contribution in [-0.2, 0) is 44.5 Å². The molecule has 0 bridgehead atoms. The SMILES string of the molecule is [2H]OCCCOCC(COCCCCOPOCCC#N)(COCCCO[2H])COCCCO[2H].[CH2-]CC.[CH2-]CC.[Ni+2]. The summed E-state index contributed by atoms with van der Waals surface area (Å²) in [6, 6.07) is 2.01. The number of rotatable bonds is 29. The van der Waals surface area contributed by atoms with Gasteiger partial charge in [-0.3, -0.25) is 0 Å². The zero-order valence-corrected chi connectivity index (χ0v) is 26.2. The van der Waals surface area contributed by atoms with Crippen LogP contribution in [-0.4, -0.2) is 106 Å². The van der Waals surface area contributed by atoms with Crippen LogP contribution in [0.15, 0.2) is 0 Å². The first-order valence-corrected chi connectivity index (χ1v) is 14.4. The molecule has 0 aliphatic carbocycles. The van der Waals surface area contributed by atoms with Gasteiger partial charge >= 0.3 is 16.5 Å². The minimum absolute atomic E-state index is 0. The van der Waals surface area contributed by atoms with E-state index in [1.54, 1.807) is 0 Å². The Labute approximate surface area is 254 Å². The quantitative estimate of drug-likeness (QED) is 0.0483. The molecule has 238 valence electrons. The van der Waals surface area contributed by atoms with E-state index in [0.717, 1.165) is 25.7 Å². The number of nitriles is 1. The number of hydrogen-bond acceptors (Lipinski definition) is 10. The van der Waals surface area contributed by atoms with Gasteiger partial charge in [-0.05, 0) is 32.1 Å². The average molecular weight is 631 g/mol. The maximum atomic E-state index is 8.45. The Kier molecular flexibility index (Phi) is 42.6. The van der Waals surface area contributed by atoms with E-state index in [0.29, 0.717) is 112 Å².